The Bertz CT molecular complexity index is 520. The molecule has 0 saturated carbocycles. The second kappa shape index (κ2) is 4.62. The van der Waals surface area contributed by atoms with Gasteiger partial charge in [-0.2, -0.15) is 8.78 Å². The van der Waals surface area contributed by atoms with Crippen molar-refractivity contribution in [3.63, 3.8) is 0 Å². The summed E-state index contributed by atoms with van der Waals surface area (Å²) < 4.78 is 52.9. The van der Waals surface area contributed by atoms with E-state index in [9.17, 15) is 17.6 Å². The molecule has 92 valence electrons. The quantitative estimate of drug-likeness (QED) is 0.692. The van der Waals surface area contributed by atoms with E-state index in [1.165, 1.54) is 13.8 Å². The third-order valence-electron chi connectivity index (χ3n) is 2.17. The van der Waals surface area contributed by atoms with Crippen LogP contribution in [0, 0.1) is 35.7 Å². The molecule has 0 bridgehead atoms. The fourth-order valence-corrected chi connectivity index (χ4v) is 4.54. The van der Waals surface area contributed by atoms with Crippen molar-refractivity contribution in [2.75, 3.05) is 0 Å². The molecule has 0 atom stereocenters. The van der Waals surface area contributed by atoms with Crippen LogP contribution in [0.3, 0.4) is 0 Å². The van der Waals surface area contributed by atoms with Crippen molar-refractivity contribution >= 4 is 34.4 Å². The molecule has 0 spiro atoms. The van der Waals surface area contributed by atoms with Crippen LogP contribution in [0.15, 0.2) is 8.42 Å². The number of hydrogen-bond donors (Lipinski definition) is 0. The van der Waals surface area contributed by atoms with Gasteiger partial charge in [0.25, 0.3) is 0 Å². The average molecular weight is 298 g/mol. The molecule has 0 N–H and O–H groups in total. The molecule has 0 aliphatic carbocycles. The van der Waals surface area contributed by atoms with Gasteiger partial charge in [-0.15, -0.1) is 0 Å². The van der Waals surface area contributed by atoms with Crippen molar-refractivity contribution < 1.29 is 17.6 Å². The smallest absolute Gasteiger partial charge is 0.202 e. The predicted molar refractivity (Wildman–Crippen MR) is 62.1 cm³/mol. The maximum Gasteiger partial charge on any atom is 0.213 e. The second-order valence-corrected chi connectivity index (χ2v) is 6.79. The molecular weight excluding hydrogens is 292 g/mol. The normalized spacial score (nSPS) is 11.2. The van der Waals surface area contributed by atoms with E-state index in [0.29, 0.717) is 31.1 Å². The van der Waals surface area contributed by atoms with Crippen LogP contribution < -0.4 is 0 Å². The van der Waals surface area contributed by atoms with Gasteiger partial charge < -0.3 is 0 Å². The van der Waals surface area contributed by atoms with E-state index in [0.717, 1.165) is 11.8 Å². The highest BCUT2D eigenvalue weighted by molar-refractivity contribution is 8.03. The Labute approximate surface area is 107 Å². The summed E-state index contributed by atoms with van der Waals surface area (Å²) in [6.45, 7) is 2.87. The molecule has 0 aliphatic heterocycles. The van der Waals surface area contributed by atoms with Gasteiger partial charge in [-0.1, -0.05) is 34.4 Å². The van der Waals surface area contributed by atoms with Gasteiger partial charge in [-0.3, -0.25) is 0 Å². The molecule has 0 saturated heterocycles. The van der Waals surface area contributed by atoms with Gasteiger partial charge >= 0.3 is 0 Å². The first-order valence-corrected chi connectivity index (χ1v) is 6.93. The van der Waals surface area contributed by atoms with E-state index >= 15 is 0 Å². The van der Waals surface area contributed by atoms with Gasteiger partial charge in [0.1, 0.15) is 0 Å². The highest BCUT2D eigenvalue weighted by atomic mass is 32.2. The lowest BCUT2D eigenvalue weighted by atomic mass is 10.4. The molecule has 2 aromatic heterocycles. The summed E-state index contributed by atoms with van der Waals surface area (Å²) in [6, 6.07) is 0. The van der Waals surface area contributed by atoms with Crippen molar-refractivity contribution in [2.24, 2.45) is 0 Å². The SMILES string of the molecule is Cc1c(Sc2sc(F)c(F)c2C)sc(F)c1F. The molecule has 7 heteroatoms. The summed E-state index contributed by atoms with van der Waals surface area (Å²) in [5.74, 6) is -1.79. The zero-order chi connectivity index (χ0) is 12.7. The molecule has 0 fully saturated rings. The summed E-state index contributed by atoms with van der Waals surface area (Å²) in [6.07, 6.45) is 0. The third kappa shape index (κ3) is 2.23. The van der Waals surface area contributed by atoms with E-state index in [4.69, 9.17) is 0 Å². The van der Waals surface area contributed by atoms with Crippen molar-refractivity contribution in [1.82, 2.24) is 0 Å². The van der Waals surface area contributed by atoms with E-state index in [1.807, 2.05) is 0 Å². The molecule has 2 rings (SSSR count). The molecule has 0 unspecified atom stereocenters. The number of hydrogen-bond acceptors (Lipinski definition) is 3. The highest BCUT2D eigenvalue weighted by Crippen LogP contribution is 2.43. The summed E-state index contributed by atoms with van der Waals surface area (Å²) in [5.41, 5.74) is 0.345. The van der Waals surface area contributed by atoms with Crippen LogP contribution in [-0.4, -0.2) is 0 Å². The molecule has 0 aromatic carbocycles. The first-order valence-electron chi connectivity index (χ1n) is 4.48. The minimum Gasteiger partial charge on any atom is -0.202 e. The van der Waals surface area contributed by atoms with Crippen molar-refractivity contribution in [3.05, 3.63) is 33.0 Å². The monoisotopic (exact) mass is 298 g/mol. The lowest BCUT2D eigenvalue weighted by Gasteiger charge is -1.97. The van der Waals surface area contributed by atoms with Crippen LogP contribution in [0.4, 0.5) is 17.6 Å². The van der Waals surface area contributed by atoms with E-state index in [-0.39, 0.29) is 11.1 Å². The molecule has 2 heterocycles. The van der Waals surface area contributed by atoms with Crippen molar-refractivity contribution in [2.45, 2.75) is 22.3 Å². The fraction of sp³-hybridized carbons (Fsp3) is 0.200. The van der Waals surface area contributed by atoms with Gasteiger partial charge in [-0.05, 0) is 13.8 Å². The number of rotatable bonds is 2. The van der Waals surface area contributed by atoms with E-state index in [1.54, 1.807) is 0 Å². The molecular formula is C10H6F4S3. The Kier molecular flexibility index (Phi) is 3.51. The largest absolute Gasteiger partial charge is 0.213 e. The van der Waals surface area contributed by atoms with Crippen LogP contribution in [0.2, 0.25) is 0 Å². The first kappa shape index (κ1) is 12.9. The number of thiophene rings is 2. The topological polar surface area (TPSA) is 0 Å². The van der Waals surface area contributed by atoms with Crippen LogP contribution in [0.25, 0.3) is 0 Å². The Balaban J connectivity index is 2.38. The maximum absolute atomic E-state index is 13.1. The summed E-state index contributed by atoms with van der Waals surface area (Å²) in [5, 5.41) is -1.81. The lowest BCUT2D eigenvalue weighted by Crippen LogP contribution is -1.78. The zero-order valence-electron chi connectivity index (χ0n) is 8.74. The molecule has 2 aromatic rings. The minimum atomic E-state index is -0.903. The molecule has 0 nitrogen and oxygen atoms in total. The Morgan fingerprint density at radius 3 is 1.35 bits per heavy atom. The van der Waals surface area contributed by atoms with Gasteiger partial charge in [0.2, 0.25) is 10.3 Å². The van der Waals surface area contributed by atoms with Crippen LogP contribution in [-0.2, 0) is 0 Å². The predicted octanol–water partition coefficient (Wildman–Crippen LogP) is 5.13. The van der Waals surface area contributed by atoms with Gasteiger partial charge in [0.15, 0.2) is 11.6 Å². The lowest BCUT2D eigenvalue weighted by molar-refractivity contribution is 0.524. The fourth-order valence-electron chi connectivity index (χ4n) is 1.16. The Hall–Kier alpha value is -0.530. The van der Waals surface area contributed by atoms with Crippen LogP contribution in [0.1, 0.15) is 11.1 Å². The zero-order valence-corrected chi connectivity index (χ0v) is 11.2. The standard InChI is InChI=1S/C10H6F4S3/c1-3-5(11)7(13)15-9(3)17-10-4(2)6(12)8(14)16-10/h1-2H3. The Morgan fingerprint density at radius 1 is 0.765 bits per heavy atom. The molecule has 0 aliphatic rings. The summed E-state index contributed by atoms with van der Waals surface area (Å²) in [4.78, 5) is 0. The number of halogens is 4. The maximum atomic E-state index is 13.1. The average Bonchev–Trinajstić information content (AvgIpc) is 2.66. The third-order valence-corrected chi connectivity index (χ3v) is 5.85. The molecule has 17 heavy (non-hydrogen) atoms. The summed E-state index contributed by atoms with van der Waals surface area (Å²) in [7, 11) is 0. The van der Waals surface area contributed by atoms with Gasteiger partial charge in [-0.25, -0.2) is 8.78 Å². The second-order valence-electron chi connectivity index (χ2n) is 3.31. The molecule has 0 amide bonds. The van der Waals surface area contributed by atoms with Gasteiger partial charge in [0, 0.05) is 11.1 Å². The highest BCUT2D eigenvalue weighted by Gasteiger charge is 2.20. The Morgan fingerprint density at radius 2 is 1.12 bits per heavy atom. The van der Waals surface area contributed by atoms with Crippen molar-refractivity contribution in [3.8, 4) is 0 Å². The van der Waals surface area contributed by atoms with E-state index < -0.39 is 21.9 Å². The summed E-state index contributed by atoms with van der Waals surface area (Å²) >= 11 is 2.27. The van der Waals surface area contributed by atoms with Gasteiger partial charge in [0.05, 0.1) is 8.42 Å². The van der Waals surface area contributed by atoms with E-state index in [2.05, 4.69) is 0 Å². The van der Waals surface area contributed by atoms with Crippen LogP contribution in [0.5, 0.6) is 0 Å². The van der Waals surface area contributed by atoms with Crippen LogP contribution >= 0.6 is 34.4 Å². The first-order chi connectivity index (χ1) is 7.91. The van der Waals surface area contributed by atoms with Crippen molar-refractivity contribution in [1.29, 1.82) is 0 Å². The molecule has 0 radical (unpaired) electrons. The minimum absolute atomic E-state index is 0.172.